The van der Waals surface area contributed by atoms with Gasteiger partial charge in [0.05, 0.1) is 19.9 Å². The van der Waals surface area contributed by atoms with E-state index in [0.29, 0.717) is 18.3 Å². The number of methoxy groups -OCH3 is 1. The first-order valence-electron chi connectivity index (χ1n) is 9.95. The predicted molar refractivity (Wildman–Crippen MR) is 112 cm³/mol. The molecule has 28 heavy (non-hydrogen) atoms. The number of nitrogens with zero attached hydrogens (tertiary/aromatic N) is 1. The van der Waals surface area contributed by atoms with Crippen molar-refractivity contribution in [2.45, 2.75) is 38.5 Å². The van der Waals surface area contributed by atoms with Crippen LogP contribution in [0, 0.1) is 5.92 Å². The van der Waals surface area contributed by atoms with Crippen LogP contribution in [-0.4, -0.2) is 43.4 Å². The molecule has 0 aliphatic heterocycles. The topological polar surface area (TPSA) is 83.3 Å². The molecule has 0 heterocycles. The van der Waals surface area contributed by atoms with Crippen LogP contribution in [-0.2, 0) is 0 Å². The van der Waals surface area contributed by atoms with Gasteiger partial charge in [0.2, 0.25) is 0 Å². The summed E-state index contributed by atoms with van der Waals surface area (Å²) >= 11 is 0. The van der Waals surface area contributed by atoms with Gasteiger partial charge in [-0.1, -0.05) is 18.6 Å². The Balaban J connectivity index is 1.83. The lowest BCUT2D eigenvalue weighted by Crippen LogP contribution is -2.13. The lowest BCUT2D eigenvalue weighted by atomic mass is 9.96. The fraction of sp³-hybridized carbons (Fsp3) is 0.500. The third-order valence-electron chi connectivity index (χ3n) is 4.58. The Morgan fingerprint density at radius 1 is 1.14 bits per heavy atom. The van der Waals surface area contributed by atoms with Gasteiger partial charge in [-0.3, -0.25) is 5.43 Å². The summed E-state index contributed by atoms with van der Waals surface area (Å²) in [6.07, 6.45) is 13.3. The van der Waals surface area contributed by atoms with Gasteiger partial charge in [0, 0.05) is 18.9 Å². The summed E-state index contributed by atoms with van der Waals surface area (Å²) in [6, 6.07) is 5.74. The summed E-state index contributed by atoms with van der Waals surface area (Å²) in [5.41, 5.74) is 5.02. The second kappa shape index (κ2) is 13.0. The summed E-state index contributed by atoms with van der Waals surface area (Å²) in [7, 11) is 1.63. The Kier molecular flexibility index (Phi) is 10.2. The molecule has 0 amide bonds. The van der Waals surface area contributed by atoms with Gasteiger partial charge in [-0.25, -0.2) is 0 Å². The quantitative estimate of drug-likeness (QED) is 0.274. The van der Waals surface area contributed by atoms with E-state index >= 15 is 0 Å². The van der Waals surface area contributed by atoms with Crippen LogP contribution in [0.4, 0.5) is 0 Å². The number of benzene rings is 1. The maximum absolute atomic E-state index is 9.07. The molecule has 0 radical (unpaired) electrons. The van der Waals surface area contributed by atoms with Crippen molar-refractivity contribution in [3.05, 3.63) is 47.7 Å². The fourth-order valence-electron chi connectivity index (χ4n) is 3.02. The van der Waals surface area contributed by atoms with Gasteiger partial charge in [-0.15, -0.1) is 0 Å². The van der Waals surface area contributed by atoms with Crippen molar-refractivity contribution >= 4 is 6.21 Å². The van der Waals surface area contributed by atoms with E-state index in [4.69, 9.17) is 19.7 Å². The number of nitrogens with one attached hydrogen (secondary N) is 1. The Bertz CT molecular complexity index is 671. The van der Waals surface area contributed by atoms with Crippen molar-refractivity contribution < 1.29 is 19.7 Å². The predicted octanol–water partition coefficient (Wildman–Crippen LogP) is 3.39. The Morgan fingerprint density at radius 2 is 2.00 bits per heavy atom. The zero-order valence-electron chi connectivity index (χ0n) is 16.6. The van der Waals surface area contributed by atoms with Gasteiger partial charge in [0.1, 0.15) is 0 Å². The van der Waals surface area contributed by atoms with Crippen molar-refractivity contribution in [2.24, 2.45) is 11.0 Å². The highest BCUT2D eigenvalue weighted by molar-refractivity contribution is 5.80. The van der Waals surface area contributed by atoms with Gasteiger partial charge in [0.25, 0.3) is 0 Å². The largest absolute Gasteiger partial charge is 0.493 e. The molecule has 2 rings (SSSR count). The van der Waals surface area contributed by atoms with E-state index in [2.05, 4.69) is 16.6 Å². The summed E-state index contributed by atoms with van der Waals surface area (Å²) in [5.74, 6) is 1.76. The van der Waals surface area contributed by atoms with Crippen LogP contribution in [0.5, 0.6) is 11.5 Å². The molecule has 6 heteroatoms. The lowest BCUT2D eigenvalue weighted by molar-refractivity contribution is 0.268. The van der Waals surface area contributed by atoms with Gasteiger partial charge < -0.3 is 19.7 Å². The highest BCUT2D eigenvalue weighted by Crippen LogP contribution is 2.28. The molecule has 1 atom stereocenters. The standard InChI is InChI=1S/C22H32N2O4/c1-27-22-16-19(9-10-21(22)28-14-5-3-2-4-12-25)17-23-24-20-8-6-7-18(15-20)11-13-26/h6-10,16-18,24-26H,2-5,11-15H2,1H3. The Labute approximate surface area is 167 Å². The summed E-state index contributed by atoms with van der Waals surface area (Å²) in [4.78, 5) is 0. The number of ether oxygens (including phenoxy) is 2. The number of rotatable bonds is 13. The van der Waals surface area contributed by atoms with Crippen molar-refractivity contribution in [1.82, 2.24) is 5.43 Å². The molecule has 0 saturated carbocycles. The van der Waals surface area contributed by atoms with Crippen LogP contribution >= 0.6 is 0 Å². The first kappa shape index (κ1) is 22.0. The Morgan fingerprint density at radius 3 is 2.79 bits per heavy atom. The van der Waals surface area contributed by atoms with Crippen LogP contribution in [0.2, 0.25) is 0 Å². The minimum absolute atomic E-state index is 0.197. The molecular weight excluding hydrogens is 356 g/mol. The van der Waals surface area contributed by atoms with Crippen molar-refractivity contribution in [2.75, 3.05) is 26.9 Å². The molecule has 6 nitrogen and oxygen atoms in total. The van der Waals surface area contributed by atoms with Crippen LogP contribution in [0.25, 0.3) is 0 Å². The number of hydrogen-bond acceptors (Lipinski definition) is 6. The van der Waals surface area contributed by atoms with Gasteiger partial charge in [0.15, 0.2) is 11.5 Å². The Hall–Kier alpha value is -2.31. The molecule has 1 aliphatic rings. The fourth-order valence-corrected chi connectivity index (χ4v) is 3.02. The molecule has 0 spiro atoms. The third-order valence-corrected chi connectivity index (χ3v) is 4.58. The number of allylic oxidation sites excluding steroid dienone is 4. The normalized spacial score (nSPS) is 16.2. The van der Waals surface area contributed by atoms with Crippen LogP contribution in [0.1, 0.15) is 44.1 Å². The maximum atomic E-state index is 9.07. The first-order valence-corrected chi connectivity index (χ1v) is 9.95. The van der Waals surface area contributed by atoms with Gasteiger partial charge in [-0.05, 0) is 67.9 Å². The van der Waals surface area contributed by atoms with Gasteiger partial charge >= 0.3 is 0 Å². The first-order chi connectivity index (χ1) is 13.8. The maximum Gasteiger partial charge on any atom is 0.161 e. The molecule has 1 unspecified atom stereocenters. The molecule has 1 aromatic rings. The number of aliphatic hydroxyl groups is 2. The van der Waals surface area contributed by atoms with Crippen molar-refractivity contribution in [1.29, 1.82) is 0 Å². The van der Waals surface area contributed by atoms with Crippen LogP contribution in [0.15, 0.2) is 47.2 Å². The smallest absolute Gasteiger partial charge is 0.161 e. The zero-order chi connectivity index (χ0) is 20.0. The van der Waals surface area contributed by atoms with Crippen LogP contribution in [0.3, 0.4) is 0 Å². The minimum Gasteiger partial charge on any atom is -0.493 e. The molecule has 0 fully saturated rings. The second-order valence-corrected chi connectivity index (χ2v) is 6.82. The molecule has 0 saturated heterocycles. The van der Waals surface area contributed by atoms with E-state index in [9.17, 15) is 0 Å². The molecule has 154 valence electrons. The molecule has 3 N–H and O–H groups in total. The summed E-state index contributed by atoms with van der Waals surface area (Å²) in [5, 5.41) is 22.2. The number of aliphatic hydroxyl groups excluding tert-OH is 2. The van der Waals surface area contributed by atoms with E-state index in [1.54, 1.807) is 13.3 Å². The van der Waals surface area contributed by atoms with E-state index < -0.39 is 0 Å². The average Bonchev–Trinajstić information content (AvgIpc) is 2.72. The SMILES string of the molecule is COc1cc(C=NNC2=CC=CC(CCO)C2)ccc1OCCCCCCO. The van der Waals surface area contributed by atoms with E-state index in [-0.39, 0.29) is 13.2 Å². The number of hydrazone groups is 1. The molecule has 1 aliphatic carbocycles. The third kappa shape index (κ3) is 7.74. The highest BCUT2D eigenvalue weighted by Gasteiger charge is 2.10. The van der Waals surface area contributed by atoms with Crippen molar-refractivity contribution in [3.8, 4) is 11.5 Å². The number of unbranched alkanes of at least 4 members (excludes halogenated alkanes) is 3. The van der Waals surface area contributed by atoms with Crippen LogP contribution < -0.4 is 14.9 Å². The van der Waals surface area contributed by atoms with E-state index in [1.165, 1.54) is 0 Å². The highest BCUT2D eigenvalue weighted by atomic mass is 16.5. The summed E-state index contributed by atoms with van der Waals surface area (Å²) in [6.45, 7) is 1.08. The number of hydrogen-bond donors (Lipinski definition) is 3. The molecule has 1 aromatic carbocycles. The lowest BCUT2D eigenvalue weighted by Gasteiger charge is -2.16. The van der Waals surface area contributed by atoms with Crippen molar-refractivity contribution in [3.63, 3.8) is 0 Å². The van der Waals surface area contributed by atoms with E-state index in [1.807, 2.05) is 30.4 Å². The average molecular weight is 389 g/mol. The second-order valence-electron chi connectivity index (χ2n) is 6.82. The molecule has 0 bridgehead atoms. The monoisotopic (exact) mass is 388 g/mol. The van der Waals surface area contributed by atoms with E-state index in [0.717, 1.165) is 55.5 Å². The molecule has 0 aromatic heterocycles. The van der Waals surface area contributed by atoms with Gasteiger partial charge in [-0.2, -0.15) is 5.10 Å². The zero-order valence-corrected chi connectivity index (χ0v) is 16.6. The minimum atomic E-state index is 0.197. The summed E-state index contributed by atoms with van der Waals surface area (Å²) < 4.78 is 11.2. The molecular formula is C22H32N2O4.